The number of nitrogens with zero attached hydrogens (tertiary/aromatic N) is 2. The quantitative estimate of drug-likeness (QED) is 0.447. The number of amides is 1. The molecule has 1 fully saturated rings. The highest BCUT2D eigenvalue weighted by atomic mass is 35.5. The van der Waals surface area contributed by atoms with Gasteiger partial charge >= 0.3 is 6.18 Å². The Labute approximate surface area is 215 Å². The molecule has 0 N–H and O–H groups in total. The number of ether oxygens (including phenoxy) is 3. The average molecular weight is 529 g/mol. The molecule has 198 valence electrons. The number of carbonyl (C=O) groups excluding carboxylic acids is 1. The molecule has 2 aliphatic rings. The lowest BCUT2D eigenvalue weighted by Gasteiger charge is -2.41. The van der Waals surface area contributed by atoms with Crippen molar-refractivity contribution in [3.8, 4) is 17.2 Å². The van der Waals surface area contributed by atoms with Crippen molar-refractivity contribution in [1.82, 2.24) is 9.80 Å². The molecule has 0 bridgehead atoms. The van der Waals surface area contributed by atoms with Crippen molar-refractivity contribution in [2.24, 2.45) is 0 Å². The van der Waals surface area contributed by atoms with E-state index in [1.54, 1.807) is 20.3 Å². The van der Waals surface area contributed by atoms with E-state index in [1.165, 1.54) is 12.1 Å². The lowest BCUT2D eigenvalue weighted by atomic mass is 9.94. The first-order valence-electron chi connectivity index (χ1n) is 11.9. The molecule has 0 aliphatic carbocycles. The van der Waals surface area contributed by atoms with Crippen LogP contribution in [0.4, 0.5) is 13.2 Å². The van der Waals surface area contributed by atoms with Gasteiger partial charge in [-0.15, -0.1) is 12.4 Å². The van der Waals surface area contributed by atoms with Crippen LogP contribution in [0, 0.1) is 0 Å². The van der Waals surface area contributed by atoms with Crippen molar-refractivity contribution in [1.29, 1.82) is 0 Å². The van der Waals surface area contributed by atoms with Gasteiger partial charge in [0.1, 0.15) is 5.75 Å². The first-order chi connectivity index (χ1) is 16.8. The van der Waals surface area contributed by atoms with Crippen LogP contribution in [-0.2, 0) is 12.6 Å². The number of piperidine rings is 1. The minimum Gasteiger partial charge on any atom is -0.494 e. The molecule has 0 radical (unpaired) electrons. The Kier molecular flexibility index (Phi) is 9.35. The molecule has 2 aliphatic heterocycles. The van der Waals surface area contributed by atoms with Gasteiger partial charge in [0.2, 0.25) is 0 Å². The second-order valence-corrected chi connectivity index (χ2v) is 8.93. The molecule has 2 aromatic rings. The molecule has 1 atom stereocenters. The number of fused-ring (bicyclic) bond motifs is 1. The third kappa shape index (κ3) is 6.37. The minimum atomic E-state index is -4.35. The normalized spacial score (nSPS) is 18.3. The molecule has 0 saturated carbocycles. The molecular weight excluding hydrogens is 497 g/mol. The fraction of sp³-hybridized carbons (Fsp3) is 0.500. The van der Waals surface area contributed by atoms with Crippen LogP contribution in [0.25, 0.3) is 0 Å². The number of carbonyl (C=O) groups is 1. The van der Waals surface area contributed by atoms with Gasteiger partial charge < -0.3 is 24.0 Å². The van der Waals surface area contributed by atoms with E-state index in [0.29, 0.717) is 36.0 Å². The van der Waals surface area contributed by atoms with E-state index in [-0.39, 0.29) is 24.4 Å². The molecular formula is C26H32ClF3N2O4. The zero-order valence-electron chi connectivity index (χ0n) is 20.5. The molecule has 0 aromatic heterocycles. The summed E-state index contributed by atoms with van der Waals surface area (Å²) in [6.07, 6.45) is -0.847. The summed E-state index contributed by atoms with van der Waals surface area (Å²) in [5.74, 6) is 1.65. The van der Waals surface area contributed by atoms with Gasteiger partial charge in [-0.05, 0) is 74.2 Å². The maximum absolute atomic E-state index is 13.3. The Hall–Kier alpha value is -2.65. The van der Waals surface area contributed by atoms with E-state index in [4.69, 9.17) is 14.2 Å². The summed E-state index contributed by atoms with van der Waals surface area (Å²) in [7, 11) is 3.15. The smallest absolute Gasteiger partial charge is 0.416 e. The predicted molar refractivity (Wildman–Crippen MR) is 133 cm³/mol. The van der Waals surface area contributed by atoms with Crippen LogP contribution < -0.4 is 14.2 Å². The highest BCUT2D eigenvalue weighted by Gasteiger charge is 2.33. The van der Waals surface area contributed by atoms with Crippen LogP contribution in [0.5, 0.6) is 17.2 Å². The highest BCUT2D eigenvalue weighted by Crippen LogP contribution is 2.34. The van der Waals surface area contributed by atoms with Gasteiger partial charge in [-0.1, -0.05) is 0 Å². The maximum Gasteiger partial charge on any atom is 0.416 e. The summed E-state index contributed by atoms with van der Waals surface area (Å²) in [5.41, 5.74) is 0.976. The summed E-state index contributed by atoms with van der Waals surface area (Å²) in [5, 5.41) is 0. The Morgan fingerprint density at radius 3 is 2.39 bits per heavy atom. The second-order valence-electron chi connectivity index (χ2n) is 8.93. The van der Waals surface area contributed by atoms with E-state index >= 15 is 0 Å². The molecule has 0 spiro atoms. The van der Waals surface area contributed by atoms with Crippen LogP contribution in [0.15, 0.2) is 36.4 Å². The third-order valence-electron chi connectivity index (χ3n) is 6.71. The third-order valence-corrected chi connectivity index (χ3v) is 6.71. The van der Waals surface area contributed by atoms with Gasteiger partial charge in [-0.25, -0.2) is 0 Å². The van der Waals surface area contributed by atoms with Crippen LogP contribution in [0.2, 0.25) is 0 Å². The van der Waals surface area contributed by atoms with E-state index in [0.717, 1.165) is 63.0 Å². The van der Waals surface area contributed by atoms with E-state index in [9.17, 15) is 18.0 Å². The highest BCUT2D eigenvalue weighted by molar-refractivity contribution is 5.97. The van der Waals surface area contributed by atoms with Crippen LogP contribution in [0.1, 0.15) is 40.7 Å². The van der Waals surface area contributed by atoms with Gasteiger partial charge in [0.05, 0.1) is 26.4 Å². The topological polar surface area (TPSA) is 51.2 Å². The number of halogens is 4. The van der Waals surface area contributed by atoms with Crippen LogP contribution in [0.3, 0.4) is 0 Å². The summed E-state index contributed by atoms with van der Waals surface area (Å²) in [4.78, 5) is 17.6. The van der Waals surface area contributed by atoms with Gasteiger partial charge in [0, 0.05) is 31.2 Å². The molecule has 6 nitrogen and oxygen atoms in total. The summed E-state index contributed by atoms with van der Waals surface area (Å²) < 4.78 is 54.4. The van der Waals surface area contributed by atoms with Gasteiger partial charge in [-0.2, -0.15) is 13.2 Å². The number of rotatable bonds is 8. The van der Waals surface area contributed by atoms with Crippen molar-refractivity contribution < 1.29 is 32.2 Å². The van der Waals surface area contributed by atoms with E-state index in [1.807, 2.05) is 11.0 Å². The second kappa shape index (κ2) is 12.1. The molecule has 1 saturated heterocycles. The van der Waals surface area contributed by atoms with Crippen LogP contribution in [-0.4, -0.2) is 68.8 Å². The number of benzene rings is 2. The van der Waals surface area contributed by atoms with Gasteiger partial charge in [-0.3, -0.25) is 4.79 Å². The number of alkyl halides is 3. The first kappa shape index (κ1) is 27.9. The lowest BCUT2D eigenvalue weighted by molar-refractivity contribution is -0.137. The Bertz CT molecular complexity index is 1030. The number of likely N-dealkylation sites (tertiary alicyclic amines) is 1. The fourth-order valence-corrected chi connectivity index (χ4v) is 4.88. The number of hydrogen-bond donors (Lipinski definition) is 0. The van der Waals surface area contributed by atoms with Crippen molar-refractivity contribution in [2.75, 3.05) is 47.0 Å². The van der Waals surface area contributed by atoms with Crippen LogP contribution >= 0.6 is 12.4 Å². The molecule has 4 rings (SSSR count). The molecule has 10 heteroatoms. The van der Waals surface area contributed by atoms with E-state index in [2.05, 4.69) is 4.90 Å². The number of hydrogen-bond acceptors (Lipinski definition) is 5. The Morgan fingerprint density at radius 2 is 1.72 bits per heavy atom. The standard InChI is InChI=1S/C26H31F3N2O4.ClH/c1-33-23-15-18-10-13-31(25(32)22(18)16-24(23)34-2)20-5-3-11-30(17-20)12-4-14-35-21-8-6-19(7-9-21)26(27,28)29;/h6-9,15-16,20H,3-5,10-14,17H2,1-2H3;1H. The number of methoxy groups -OCH3 is 2. The summed E-state index contributed by atoms with van der Waals surface area (Å²) in [6, 6.07) is 8.59. The molecule has 2 aromatic carbocycles. The lowest BCUT2D eigenvalue weighted by Crippen LogP contribution is -2.52. The molecule has 36 heavy (non-hydrogen) atoms. The average Bonchev–Trinajstić information content (AvgIpc) is 2.86. The minimum absolute atomic E-state index is 0. The Balaban J connectivity index is 0.00000361. The van der Waals surface area contributed by atoms with E-state index < -0.39 is 11.7 Å². The summed E-state index contributed by atoms with van der Waals surface area (Å²) in [6.45, 7) is 3.66. The van der Waals surface area contributed by atoms with Crippen molar-refractivity contribution >= 4 is 18.3 Å². The SMILES string of the molecule is COc1cc2c(cc1OC)C(=O)N(C1CCCN(CCCOc3ccc(C(F)(F)F)cc3)C1)CC2.Cl. The molecule has 2 heterocycles. The zero-order chi connectivity index (χ0) is 25.0. The largest absolute Gasteiger partial charge is 0.494 e. The van der Waals surface area contributed by atoms with Crippen molar-refractivity contribution in [3.05, 3.63) is 53.1 Å². The summed E-state index contributed by atoms with van der Waals surface area (Å²) >= 11 is 0. The Morgan fingerprint density at radius 1 is 1.03 bits per heavy atom. The molecule has 1 amide bonds. The monoisotopic (exact) mass is 528 g/mol. The predicted octanol–water partition coefficient (Wildman–Crippen LogP) is 5.08. The van der Waals surface area contributed by atoms with Gasteiger partial charge in [0.25, 0.3) is 5.91 Å². The zero-order valence-corrected chi connectivity index (χ0v) is 21.3. The van der Waals surface area contributed by atoms with Gasteiger partial charge in [0.15, 0.2) is 11.5 Å². The first-order valence-corrected chi connectivity index (χ1v) is 11.9. The fourth-order valence-electron chi connectivity index (χ4n) is 4.88. The van der Waals surface area contributed by atoms with Crippen molar-refractivity contribution in [3.63, 3.8) is 0 Å². The molecule has 1 unspecified atom stereocenters. The maximum atomic E-state index is 13.3. The van der Waals surface area contributed by atoms with Crippen molar-refractivity contribution in [2.45, 2.75) is 37.9 Å².